The van der Waals surface area contributed by atoms with Gasteiger partial charge in [-0.1, -0.05) is 19.1 Å². The van der Waals surface area contributed by atoms with E-state index in [4.69, 9.17) is 9.47 Å². The predicted molar refractivity (Wildman–Crippen MR) is 84.7 cm³/mol. The average molecular weight is 277 g/mol. The van der Waals surface area contributed by atoms with Gasteiger partial charge in [-0.25, -0.2) is 0 Å². The van der Waals surface area contributed by atoms with E-state index >= 15 is 0 Å². The summed E-state index contributed by atoms with van der Waals surface area (Å²) >= 11 is 0. The molecule has 0 fully saturated rings. The largest absolute Gasteiger partial charge is 0.493 e. The number of ether oxygens (including phenoxy) is 2. The van der Waals surface area contributed by atoms with Gasteiger partial charge in [0.2, 0.25) is 0 Å². The van der Waals surface area contributed by atoms with Crippen LogP contribution in [0.2, 0.25) is 0 Å². The number of benzene rings is 1. The Kier molecular flexibility index (Phi) is 7.16. The monoisotopic (exact) mass is 277 g/mol. The van der Waals surface area contributed by atoms with Crippen molar-refractivity contribution in [2.24, 2.45) is 0 Å². The van der Waals surface area contributed by atoms with E-state index in [1.165, 1.54) is 5.56 Å². The van der Waals surface area contributed by atoms with Crippen LogP contribution in [0, 0.1) is 0 Å². The van der Waals surface area contributed by atoms with Gasteiger partial charge in [0.05, 0.1) is 13.2 Å². The lowest BCUT2D eigenvalue weighted by molar-refractivity contribution is 0.227. The Morgan fingerprint density at radius 3 is 2.65 bits per heavy atom. The standard InChI is InChI=1S/C17H27NO2/c1-6-8-15-14(12-18-11-7-2)9-10-16(19-5)17(15)20-13(3)4/h6,9-10,13,18H,1,7-8,11-12H2,2-5H3. The molecule has 0 amide bonds. The lowest BCUT2D eigenvalue weighted by Gasteiger charge is -2.20. The summed E-state index contributed by atoms with van der Waals surface area (Å²) in [5.41, 5.74) is 2.41. The first-order chi connectivity index (χ1) is 9.63. The Labute approximate surface area is 123 Å². The van der Waals surface area contributed by atoms with E-state index in [-0.39, 0.29) is 6.10 Å². The molecule has 0 heterocycles. The second-order valence-electron chi connectivity index (χ2n) is 5.07. The minimum atomic E-state index is 0.117. The smallest absolute Gasteiger partial charge is 0.165 e. The van der Waals surface area contributed by atoms with Crippen molar-refractivity contribution in [2.45, 2.75) is 46.3 Å². The van der Waals surface area contributed by atoms with E-state index in [0.717, 1.165) is 43.0 Å². The summed E-state index contributed by atoms with van der Waals surface area (Å²) in [6.45, 7) is 11.9. The van der Waals surface area contributed by atoms with Gasteiger partial charge in [0.25, 0.3) is 0 Å². The maximum absolute atomic E-state index is 5.97. The molecule has 1 rings (SSSR count). The fourth-order valence-electron chi connectivity index (χ4n) is 2.11. The fraction of sp³-hybridized carbons (Fsp3) is 0.529. The van der Waals surface area contributed by atoms with Crippen molar-refractivity contribution in [1.29, 1.82) is 0 Å². The SMILES string of the molecule is C=CCc1c(CNCCC)ccc(OC)c1OC(C)C. The molecule has 0 bridgehead atoms. The van der Waals surface area contributed by atoms with Crippen LogP contribution < -0.4 is 14.8 Å². The zero-order valence-electron chi connectivity index (χ0n) is 13.2. The van der Waals surface area contributed by atoms with Gasteiger partial charge < -0.3 is 14.8 Å². The summed E-state index contributed by atoms with van der Waals surface area (Å²) in [7, 11) is 1.68. The van der Waals surface area contributed by atoms with Crippen LogP contribution >= 0.6 is 0 Å². The highest BCUT2D eigenvalue weighted by Crippen LogP contribution is 2.35. The molecule has 0 unspecified atom stereocenters. The first-order valence-corrected chi connectivity index (χ1v) is 7.31. The van der Waals surface area contributed by atoms with Gasteiger partial charge in [-0.2, -0.15) is 0 Å². The number of allylic oxidation sites excluding steroid dienone is 1. The fourth-order valence-corrected chi connectivity index (χ4v) is 2.11. The Hall–Kier alpha value is -1.48. The van der Waals surface area contributed by atoms with Crippen LogP contribution in [0.5, 0.6) is 11.5 Å². The third-order valence-corrected chi connectivity index (χ3v) is 2.99. The minimum Gasteiger partial charge on any atom is -0.493 e. The van der Waals surface area contributed by atoms with E-state index in [0.29, 0.717) is 0 Å². The normalized spacial score (nSPS) is 10.7. The second-order valence-corrected chi connectivity index (χ2v) is 5.07. The summed E-state index contributed by atoms with van der Waals surface area (Å²) in [4.78, 5) is 0. The first kappa shape index (κ1) is 16.6. The highest BCUT2D eigenvalue weighted by molar-refractivity contribution is 5.51. The van der Waals surface area contributed by atoms with Gasteiger partial charge in [-0.15, -0.1) is 6.58 Å². The van der Waals surface area contributed by atoms with E-state index in [2.05, 4.69) is 24.9 Å². The second kappa shape index (κ2) is 8.64. The third-order valence-electron chi connectivity index (χ3n) is 2.99. The van der Waals surface area contributed by atoms with Crippen LogP contribution in [0.4, 0.5) is 0 Å². The van der Waals surface area contributed by atoms with Gasteiger partial charge in [0.15, 0.2) is 11.5 Å². The number of methoxy groups -OCH3 is 1. The van der Waals surface area contributed by atoms with Gasteiger partial charge in [-0.05, 0) is 44.9 Å². The van der Waals surface area contributed by atoms with Crippen LogP contribution in [0.15, 0.2) is 24.8 Å². The van der Waals surface area contributed by atoms with E-state index in [9.17, 15) is 0 Å². The van der Waals surface area contributed by atoms with Gasteiger partial charge in [-0.3, -0.25) is 0 Å². The maximum atomic E-state index is 5.97. The van der Waals surface area contributed by atoms with Gasteiger partial charge >= 0.3 is 0 Å². The molecule has 3 heteroatoms. The number of rotatable bonds is 9. The van der Waals surface area contributed by atoms with E-state index < -0.39 is 0 Å². The van der Waals surface area contributed by atoms with Gasteiger partial charge in [0.1, 0.15) is 0 Å². The van der Waals surface area contributed by atoms with Crippen LogP contribution in [0.25, 0.3) is 0 Å². The summed E-state index contributed by atoms with van der Waals surface area (Å²) in [5.74, 6) is 1.63. The molecule has 0 spiro atoms. The van der Waals surface area contributed by atoms with Crippen molar-refractivity contribution in [2.75, 3.05) is 13.7 Å². The molecule has 1 aromatic rings. The topological polar surface area (TPSA) is 30.5 Å². The molecule has 0 saturated heterocycles. The summed E-state index contributed by atoms with van der Waals surface area (Å²) in [6.07, 6.45) is 3.93. The van der Waals surface area contributed by atoms with Crippen molar-refractivity contribution in [1.82, 2.24) is 5.32 Å². The van der Waals surface area contributed by atoms with E-state index in [1.54, 1.807) is 7.11 Å². The highest BCUT2D eigenvalue weighted by Gasteiger charge is 2.15. The molecule has 20 heavy (non-hydrogen) atoms. The molecule has 0 atom stereocenters. The van der Waals surface area contributed by atoms with Crippen LogP contribution in [0.1, 0.15) is 38.3 Å². The lowest BCUT2D eigenvalue weighted by atomic mass is 10.0. The van der Waals surface area contributed by atoms with Crippen molar-refractivity contribution in [3.05, 3.63) is 35.9 Å². The Morgan fingerprint density at radius 1 is 1.35 bits per heavy atom. The molecule has 0 aromatic heterocycles. The first-order valence-electron chi connectivity index (χ1n) is 7.31. The molecule has 112 valence electrons. The van der Waals surface area contributed by atoms with Crippen molar-refractivity contribution in [3.63, 3.8) is 0 Å². The van der Waals surface area contributed by atoms with E-state index in [1.807, 2.05) is 26.0 Å². The molecule has 0 radical (unpaired) electrons. The van der Waals surface area contributed by atoms with Crippen LogP contribution in [0.3, 0.4) is 0 Å². The Morgan fingerprint density at radius 2 is 2.10 bits per heavy atom. The summed E-state index contributed by atoms with van der Waals surface area (Å²) < 4.78 is 11.4. The molecule has 0 aliphatic carbocycles. The summed E-state index contributed by atoms with van der Waals surface area (Å²) in [5, 5.41) is 3.44. The Bertz CT molecular complexity index is 427. The predicted octanol–water partition coefficient (Wildman–Crippen LogP) is 3.71. The number of nitrogens with one attached hydrogen (secondary N) is 1. The van der Waals surface area contributed by atoms with Crippen LogP contribution in [-0.4, -0.2) is 19.8 Å². The maximum Gasteiger partial charge on any atom is 0.165 e. The summed E-state index contributed by atoms with van der Waals surface area (Å²) in [6, 6.07) is 4.08. The molecular weight excluding hydrogens is 250 g/mol. The van der Waals surface area contributed by atoms with Gasteiger partial charge in [0, 0.05) is 12.1 Å². The number of hydrogen-bond acceptors (Lipinski definition) is 3. The van der Waals surface area contributed by atoms with Crippen LogP contribution in [-0.2, 0) is 13.0 Å². The Balaban J connectivity index is 3.12. The zero-order chi connectivity index (χ0) is 15.0. The quantitative estimate of drug-likeness (QED) is 0.551. The molecule has 0 aliphatic heterocycles. The zero-order valence-corrected chi connectivity index (χ0v) is 13.2. The van der Waals surface area contributed by atoms with Crippen molar-refractivity contribution in [3.8, 4) is 11.5 Å². The number of hydrogen-bond donors (Lipinski definition) is 1. The third kappa shape index (κ3) is 4.57. The highest BCUT2D eigenvalue weighted by atomic mass is 16.5. The van der Waals surface area contributed by atoms with Crippen molar-refractivity contribution < 1.29 is 9.47 Å². The molecule has 1 aromatic carbocycles. The molecular formula is C17H27NO2. The average Bonchev–Trinajstić information content (AvgIpc) is 2.42. The molecule has 0 saturated carbocycles. The molecule has 3 nitrogen and oxygen atoms in total. The molecule has 0 aliphatic rings. The molecule has 1 N–H and O–H groups in total. The minimum absolute atomic E-state index is 0.117. The van der Waals surface area contributed by atoms with Crippen molar-refractivity contribution >= 4 is 0 Å². The lowest BCUT2D eigenvalue weighted by Crippen LogP contribution is -2.16.